The van der Waals surface area contributed by atoms with Crippen molar-refractivity contribution in [1.29, 1.82) is 0 Å². The highest BCUT2D eigenvalue weighted by Gasteiger charge is 2.14. The predicted octanol–water partition coefficient (Wildman–Crippen LogP) is 2.97. The molecule has 1 heterocycles. The fraction of sp³-hybridized carbons (Fsp3) is 0.333. The van der Waals surface area contributed by atoms with Crippen LogP contribution in [0.2, 0.25) is 0 Å². The molecular formula is C15H19N3O. The molecule has 0 amide bonds. The Labute approximate surface area is 113 Å². The van der Waals surface area contributed by atoms with Crippen LogP contribution >= 0.6 is 0 Å². The summed E-state index contributed by atoms with van der Waals surface area (Å²) in [7, 11) is 1.68. The molecule has 0 spiro atoms. The third-order valence-electron chi connectivity index (χ3n) is 3.46. The summed E-state index contributed by atoms with van der Waals surface area (Å²) in [4.78, 5) is 8.77. The van der Waals surface area contributed by atoms with E-state index in [9.17, 15) is 0 Å². The molecule has 0 atom stereocenters. The molecule has 4 heteroatoms. The summed E-state index contributed by atoms with van der Waals surface area (Å²) in [6.07, 6.45) is 0. The smallest absolute Gasteiger partial charge is 0.126 e. The molecule has 0 aliphatic heterocycles. The zero-order valence-corrected chi connectivity index (χ0v) is 12.0. The highest BCUT2D eigenvalue weighted by molar-refractivity contribution is 5.77. The molecule has 2 N–H and O–H groups in total. The number of hydrogen-bond acceptors (Lipinski definition) is 4. The van der Waals surface area contributed by atoms with E-state index in [1.54, 1.807) is 7.11 Å². The maximum absolute atomic E-state index is 6.12. The Balaban J connectivity index is 2.70. The first-order chi connectivity index (χ1) is 8.95. The third kappa shape index (κ3) is 2.26. The summed E-state index contributed by atoms with van der Waals surface area (Å²) in [5, 5.41) is 0. The van der Waals surface area contributed by atoms with Crippen molar-refractivity contribution in [2.45, 2.75) is 27.7 Å². The van der Waals surface area contributed by atoms with E-state index in [-0.39, 0.29) is 0 Å². The van der Waals surface area contributed by atoms with Gasteiger partial charge in [0.1, 0.15) is 11.6 Å². The molecule has 0 fully saturated rings. The Hall–Kier alpha value is -2.10. The molecule has 2 rings (SSSR count). The van der Waals surface area contributed by atoms with E-state index < -0.39 is 0 Å². The number of methoxy groups -OCH3 is 1. The second-order valence-electron chi connectivity index (χ2n) is 4.68. The number of anilines is 1. The molecule has 2 aromatic rings. The maximum Gasteiger partial charge on any atom is 0.126 e. The van der Waals surface area contributed by atoms with E-state index in [1.807, 2.05) is 32.9 Å². The average molecular weight is 257 g/mol. The van der Waals surface area contributed by atoms with Gasteiger partial charge in [-0.1, -0.05) is 0 Å². The maximum atomic E-state index is 6.12. The van der Waals surface area contributed by atoms with Crippen LogP contribution in [-0.4, -0.2) is 17.1 Å². The second-order valence-corrected chi connectivity index (χ2v) is 4.68. The van der Waals surface area contributed by atoms with Gasteiger partial charge in [0.25, 0.3) is 0 Å². The molecule has 0 radical (unpaired) electrons. The molecule has 19 heavy (non-hydrogen) atoms. The standard InChI is InChI=1S/C15H19N3O/c1-8-9(2)13(19-5)7-6-12(8)15-14(16)10(3)17-11(4)18-15/h6-7H,16H2,1-5H3. The zero-order chi connectivity index (χ0) is 14.2. The quantitative estimate of drug-likeness (QED) is 0.898. The average Bonchev–Trinajstić information content (AvgIpc) is 2.37. The summed E-state index contributed by atoms with van der Waals surface area (Å²) in [5.74, 6) is 1.61. The van der Waals surface area contributed by atoms with Gasteiger partial charge in [-0.3, -0.25) is 0 Å². The number of rotatable bonds is 2. The van der Waals surface area contributed by atoms with Crippen molar-refractivity contribution >= 4 is 5.69 Å². The third-order valence-corrected chi connectivity index (χ3v) is 3.46. The van der Waals surface area contributed by atoms with Gasteiger partial charge in [-0.25, -0.2) is 9.97 Å². The highest BCUT2D eigenvalue weighted by Crippen LogP contribution is 2.33. The van der Waals surface area contributed by atoms with Gasteiger partial charge in [0.05, 0.1) is 24.2 Å². The Morgan fingerprint density at radius 1 is 1.00 bits per heavy atom. The van der Waals surface area contributed by atoms with Gasteiger partial charge in [0.2, 0.25) is 0 Å². The first-order valence-corrected chi connectivity index (χ1v) is 6.21. The fourth-order valence-electron chi connectivity index (χ4n) is 2.20. The molecule has 0 aliphatic carbocycles. The van der Waals surface area contributed by atoms with Crippen molar-refractivity contribution in [1.82, 2.24) is 9.97 Å². The highest BCUT2D eigenvalue weighted by atomic mass is 16.5. The van der Waals surface area contributed by atoms with Crippen LogP contribution in [0.5, 0.6) is 5.75 Å². The molecule has 100 valence electrons. The van der Waals surface area contributed by atoms with Crippen molar-refractivity contribution in [2.24, 2.45) is 0 Å². The predicted molar refractivity (Wildman–Crippen MR) is 77.4 cm³/mol. The summed E-state index contributed by atoms with van der Waals surface area (Å²) < 4.78 is 5.33. The molecule has 0 bridgehead atoms. The lowest BCUT2D eigenvalue weighted by Gasteiger charge is -2.14. The first kappa shape index (κ1) is 13.3. The minimum atomic E-state index is 0.637. The van der Waals surface area contributed by atoms with Gasteiger partial charge < -0.3 is 10.5 Å². The van der Waals surface area contributed by atoms with Crippen molar-refractivity contribution in [3.8, 4) is 17.0 Å². The molecule has 1 aromatic heterocycles. The second kappa shape index (κ2) is 4.88. The van der Waals surface area contributed by atoms with Crippen molar-refractivity contribution in [3.05, 3.63) is 34.8 Å². The fourth-order valence-corrected chi connectivity index (χ4v) is 2.20. The monoisotopic (exact) mass is 257 g/mol. The van der Waals surface area contributed by atoms with Gasteiger partial charge in [-0.05, 0) is 51.0 Å². The molecular weight excluding hydrogens is 238 g/mol. The number of nitrogens with two attached hydrogens (primary N) is 1. The van der Waals surface area contributed by atoms with E-state index in [1.165, 1.54) is 0 Å². The number of nitrogens with zero attached hydrogens (tertiary/aromatic N) is 2. The summed E-state index contributed by atoms with van der Waals surface area (Å²) in [6.45, 7) is 7.87. The lowest BCUT2D eigenvalue weighted by molar-refractivity contribution is 0.411. The number of aromatic nitrogens is 2. The van der Waals surface area contributed by atoms with Crippen molar-refractivity contribution < 1.29 is 4.74 Å². The SMILES string of the molecule is COc1ccc(-c2nc(C)nc(C)c2N)c(C)c1C. The lowest BCUT2D eigenvalue weighted by atomic mass is 9.98. The van der Waals surface area contributed by atoms with Crippen LogP contribution in [0.3, 0.4) is 0 Å². The summed E-state index contributed by atoms with van der Waals surface area (Å²) in [6, 6.07) is 3.95. The van der Waals surface area contributed by atoms with Crippen molar-refractivity contribution in [2.75, 3.05) is 12.8 Å². The van der Waals surface area contributed by atoms with Crippen LogP contribution in [0, 0.1) is 27.7 Å². The van der Waals surface area contributed by atoms with Gasteiger partial charge in [-0.15, -0.1) is 0 Å². The Morgan fingerprint density at radius 3 is 2.32 bits per heavy atom. The molecule has 0 saturated carbocycles. The van der Waals surface area contributed by atoms with Crippen LogP contribution < -0.4 is 10.5 Å². The minimum Gasteiger partial charge on any atom is -0.496 e. The molecule has 1 aromatic carbocycles. The van der Waals surface area contributed by atoms with E-state index in [4.69, 9.17) is 10.5 Å². The van der Waals surface area contributed by atoms with E-state index in [2.05, 4.69) is 16.9 Å². The number of ether oxygens (including phenoxy) is 1. The van der Waals surface area contributed by atoms with Crippen LogP contribution in [0.15, 0.2) is 12.1 Å². The number of nitrogen functional groups attached to an aromatic ring is 1. The first-order valence-electron chi connectivity index (χ1n) is 6.21. The number of benzene rings is 1. The van der Waals surface area contributed by atoms with Gasteiger partial charge in [0, 0.05) is 5.56 Å². The number of hydrogen-bond donors (Lipinski definition) is 1. The van der Waals surface area contributed by atoms with Crippen molar-refractivity contribution in [3.63, 3.8) is 0 Å². The minimum absolute atomic E-state index is 0.637. The Morgan fingerprint density at radius 2 is 1.68 bits per heavy atom. The van der Waals surface area contributed by atoms with Crippen LogP contribution in [0.25, 0.3) is 11.3 Å². The molecule has 4 nitrogen and oxygen atoms in total. The van der Waals surface area contributed by atoms with Crippen LogP contribution in [0.1, 0.15) is 22.6 Å². The van der Waals surface area contributed by atoms with Gasteiger partial charge in [-0.2, -0.15) is 0 Å². The van der Waals surface area contributed by atoms with E-state index in [0.717, 1.165) is 39.7 Å². The summed E-state index contributed by atoms with van der Waals surface area (Å²) >= 11 is 0. The van der Waals surface area contributed by atoms with Crippen LogP contribution in [-0.2, 0) is 0 Å². The number of aryl methyl sites for hydroxylation is 2. The topological polar surface area (TPSA) is 61.0 Å². The largest absolute Gasteiger partial charge is 0.496 e. The van der Waals surface area contributed by atoms with Crippen LogP contribution in [0.4, 0.5) is 5.69 Å². The van der Waals surface area contributed by atoms with E-state index >= 15 is 0 Å². The van der Waals surface area contributed by atoms with E-state index in [0.29, 0.717) is 5.69 Å². The molecule has 0 saturated heterocycles. The van der Waals surface area contributed by atoms with Gasteiger partial charge in [0.15, 0.2) is 0 Å². The Bertz CT molecular complexity index is 636. The lowest BCUT2D eigenvalue weighted by Crippen LogP contribution is -2.04. The zero-order valence-electron chi connectivity index (χ0n) is 12.0. The van der Waals surface area contributed by atoms with Gasteiger partial charge >= 0.3 is 0 Å². The normalized spacial score (nSPS) is 10.6. The Kier molecular flexibility index (Phi) is 3.42. The molecule has 0 aliphatic rings. The molecule has 0 unspecified atom stereocenters. The summed E-state index contributed by atoms with van der Waals surface area (Å²) in [5.41, 5.74) is 11.6.